The van der Waals surface area contributed by atoms with Crippen LogP contribution in [0.3, 0.4) is 0 Å². The largest absolute Gasteiger partial charge is 0.364 e. The SMILES string of the molecule is CCN(C)C/C=C(\C)NC(=S)C(N)=O. The van der Waals surface area contributed by atoms with Crippen LogP contribution in [0.25, 0.3) is 0 Å². The molecular formula is C9H17N3OS. The first-order valence-electron chi connectivity index (χ1n) is 4.43. The van der Waals surface area contributed by atoms with Gasteiger partial charge < -0.3 is 16.0 Å². The maximum Gasteiger partial charge on any atom is 0.276 e. The molecule has 0 aliphatic rings. The Morgan fingerprint density at radius 2 is 2.21 bits per heavy atom. The number of carbonyl (C=O) groups excluding carboxylic acids is 1. The average molecular weight is 215 g/mol. The van der Waals surface area contributed by atoms with E-state index >= 15 is 0 Å². The fourth-order valence-electron chi connectivity index (χ4n) is 0.714. The number of allylic oxidation sites excluding steroid dienone is 1. The minimum atomic E-state index is -0.600. The lowest BCUT2D eigenvalue weighted by Gasteiger charge is -2.11. The van der Waals surface area contributed by atoms with Gasteiger partial charge >= 0.3 is 0 Å². The van der Waals surface area contributed by atoms with Gasteiger partial charge in [0.25, 0.3) is 5.91 Å². The summed E-state index contributed by atoms with van der Waals surface area (Å²) in [5.41, 5.74) is 5.83. The Balaban J connectivity index is 4.01. The quantitative estimate of drug-likeness (QED) is 0.660. The highest BCUT2D eigenvalue weighted by atomic mass is 32.1. The van der Waals surface area contributed by atoms with Gasteiger partial charge in [-0.1, -0.05) is 25.2 Å². The van der Waals surface area contributed by atoms with Gasteiger partial charge in [0.15, 0.2) is 4.99 Å². The molecule has 0 saturated carbocycles. The number of carbonyl (C=O) groups is 1. The third-order valence-electron chi connectivity index (χ3n) is 1.78. The van der Waals surface area contributed by atoms with E-state index in [9.17, 15) is 4.79 Å². The van der Waals surface area contributed by atoms with Gasteiger partial charge in [-0.25, -0.2) is 0 Å². The zero-order valence-electron chi connectivity index (χ0n) is 8.83. The minimum Gasteiger partial charge on any atom is -0.364 e. The van der Waals surface area contributed by atoms with Crippen LogP contribution in [0.2, 0.25) is 0 Å². The second kappa shape index (κ2) is 6.50. The minimum absolute atomic E-state index is 0.0536. The molecule has 0 unspecified atom stereocenters. The number of thiocarbonyl (C=S) groups is 1. The van der Waals surface area contributed by atoms with Crippen molar-refractivity contribution in [3.63, 3.8) is 0 Å². The van der Waals surface area contributed by atoms with E-state index in [1.165, 1.54) is 0 Å². The Morgan fingerprint density at radius 1 is 1.64 bits per heavy atom. The summed E-state index contributed by atoms with van der Waals surface area (Å²) in [6, 6.07) is 0. The van der Waals surface area contributed by atoms with E-state index in [1.54, 1.807) is 0 Å². The Morgan fingerprint density at radius 3 is 2.64 bits per heavy atom. The average Bonchev–Trinajstić information content (AvgIpc) is 2.13. The van der Waals surface area contributed by atoms with Gasteiger partial charge in [-0.3, -0.25) is 4.79 Å². The molecule has 4 nitrogen and oxygen atoms in total. The molecule has 0 spiro atoms. The molecule has 1 amide bonds. The first-order chi connectivity index (χ1) is 6.47. The number of nitrogens with zero attached hydrogens (tertiary/aromatic N) is 1. The zero-order chi connectivity index (χ0) is 11.1. The number of nitrogens with two attached hydrogens (primary N) is 1. The van der Waals surface area contributed by atoms with E-state index < -0.39 is 5.91 Å². The predicted molar refractivity (Wildman–Crippen MR) is 61.9 cm³/mol. The van der Waals surface area contributed by atoms with Crippen LogP contribution < -0.4 is 11.1 Å². The molecule has 0 fully saturated rings. The second-order valence-electron chi connectivity index (χ2n) is 3.06. The molecule has 5 heteroatoms. The zero-order valence-corrected chi connectivity index (χ0v) is 9.65. The summed E-state index contributed by atoms with van der Waals surface area (Å²) in [6.07, 6.45) is 1.96. The molecule has 0 saturated heterocycles. The Bertz CT molecular complexity index is 250. The molecule has 0 aliphatic carbocycles. The van der Waals surface area contributed by atoms with E-state index in [0.29, 0.717) is 0 Å². The lowest BCUT2D eigenvalue weighted by molar-refractivity contribution is -0.112. The number of nitrogens with one attached hydrogen (secondary N) is 1. The topological polar surface area (TPSA) is 58.4 Å². The highest BCUT2D eigenvalue weighted by Crippen LogP contribution is 1.90. The molecule has 0 aromatic heterocycles. The van der Waals surface area contributed by atoms with Crippen molar-refractivity contribution in [1.82, 2.24) is 10.2 Å². The van der Waals surface area contributed by atoms with E-state index in [-0.39, 0.29) is 4.99 Å². The van der Waals surface area contributed by atoms with Gasteiger partial charge in [0.1, 0.15) is 0 Å². The normalized spacial score (nSPS) is 11.6. The monoisotopic (exact) mass is 215 g/mol. The van der Waals surface area contributed by atoms with E-state index in [0.717, 1.165) is 18.8 Å². The third-order valence-corrected chi connectivity index (χ3v) is 2.09. The summed E-state index contributed by atoms with van der Waals surface area (Å²) < 4.78 is 0. The lowest BCUT2D eigenvalue weighted by atomic mass is 10.4. The van der Waals surface area contributed by atoms with Gasteiger partial charge in [-0.2, -0.15) is 0 Å². The summed E-state index contributed by atoms with van der Waals surface area (Å²) in [6.45, 7) is 5.71. The van der Waals surface area contributed by atoms with Crippen LogP contribution in [0, 0.1) is 0 Å². The molecule has 0 aromatic carbocycles. The van der Waals surface area contributed by atoms with Gasteiger partial charge in [0.2, 0.25) is 0 Å². The molecular weight excluding hydrogens is 198 g/mol. The van der Waals surface area contributed by atoms with Gasteiger partial charge in [0, 0.05) is 12.2 Å². The number of likely N-dealkylation sites (N-methyl/N-ethyl adjacent to an activating group) is 1. The number of amides is 1. The van der Waals surface area contributed by atoms with Crippen LogP contribution in [-0.2, 0) is 4.79 Å². The van der Waals surface area contributed by atoms with Crippen molar-refractivity contribution in [2.75, 3.05) is 20.1 Å². The highest BCUT2D eigenvalue weighted by molar-refractivity contribution is 7.82. The van der Waals surface area contributed by atoms with Crippen molar-refractivity contribution in [2.24, 2.45) is 5.73 Å². The summed E-state index contributed by atoms with van der Waals surface area (Å²) in [5.74, 6) is -0.600. The molecule has 0 radical (unpaired) electrons. The van der Waals surface area contributed by atoms with Crippen molar-refractivity contribution in [3.8, 4) is 0 Å². The number of rotatable bonds is 4. The molecule has 0 aromatic rings. The first-order valence-corrected chi connectivity index (χ1v) is 4.84. The molecule has 0 bridgehead atoms. The molecule has 3 N–H and O–H groups in total. The summed E-state index contributed by atoms with van der Waals surface area (Å²) in [5, 5.41) is 2.75. The van der Waals surface area contributed by atoms with Crippen molar-refractivity contribution >= 4 is 23.1 Å². The van der Waals surface area contributed by atoms with Crippen LogP contribution in [0.4, 0.5) is 0 Å². The summed E-state index contributed by atoms with van der Waals surface area (Å²) in [7, 11) is 2.01. The van der Waals surface area contributed by atoms with Gasteiger partial charge in [-0.15, -0.1) is 0 Å². The predicted octanol–water partition coefficient (Wildman–Crippen LogP) is 0.244. The van der Waals surface area contributed by atoms with Gasteiger partial charge in [-0.05, 0) is 20.5 Å². The Hall–Kier alpha value is -0.940. The Labute approximate surface area is 90.1 Å². The summed E-state index contributed by atoms with van der Waals surface area (Å²) >= 11 is 4.72. The van der Waals surface area contributed by atoms with Crippen LogP contribution in [0.1, 0.15) is 13.8 Å². The molecule has 0 aliphatic heterocycles. The first kappa shape index (κ1) is 13.1. The third kappa shape index (κ3) is 5.66. The van der Waals surface area contributed by atoms with Crippen molar-refractivity contribution in [1.29, 1.82) is 0 Å². The van der Waals surface area contributed by atoms with Crippen LogP contribution in [0.5, 0.6) is 0 Å². The van der Waals surface area contributed by atoms with Crippen LogP contribution in [0.15, 0.2) is 11.8 Å². The summed E-state index contributed by atoms with van der Waals surface area (Å²) in [4.78, 5) is 12.8. The highest BCUT2D eigenvalue weighted by Gasteiger charge is 2.02. The van der Waals surface area contributed by atoms with E-state index in [1.807, 2.05) is 20.0 Å². The fourth-order valence-corrected chi connectivity index (χ4v) is 0.875. The van der Waals surface area contributed by atoms with Crippen molar-refractivity contribution in [3.05, 3.63) is 11.8 Å². The standard InChI is InChI=1S/C9H17N3OS/c1-4-12(3)6-5-7(2)11-9(14)8(10)13/h5H,4,6H2,1-3H3,(H2,10,13)(H,11,14)/b7-5+. The van der Waals surface area contributed by atoms with Crippen molar-refractivity contribution in [2.45, 2.75) is 13.8 Å². The van der Waals surface area contributed by atoms with Crippen LogP contribution >= 0.6 is 12.2 Å². The maximum atomic E-state index is 10.6. The van der Waals surface area contributed by atoms with Gasteiger partial charge in [0.05, 0.1) is 0 Å². The molecule has 80 valence electrons. The molecule has 0 rings (SSSR count). The van der Waals surface area contributed by atoms with E-state index in [2.05, 4.69) is 17.1 Å². The number of hydrogen-bond acceptors (Lipinski definition) is 3. The smallest absolute Gasteiger partial charge is 0.276 e. The lowest BCUT2D eigenvalue weighted by Crippen LogP contribution is -2.33. The maximum absolute atomic E-state index is 10.6. The van der Waals surface area contributed by atoms with Crippen molar-refractivity contribution < 1.29 is 4.79 Å². The fraction of sp³-hybridized carbons (Fsp3) is 0.556. The Kier molecular flexibility index (Phi) is 6.07. The number of primary amides is 1. The molecule has 0 heterocycles. The second-order valence-corrected chi connectivity index (χ2v) is 3.47. The van der Waals surface area contributed by atoms with E-state index in [4.69, 9.17) is 18.0 Å². The molecule has 0 atom stereocenters. The number of hydrogen-bond donors (Lipinski definition) is 2. The van der Waals surface area contributed by atoms with Crippen LogP contribution in [-0.4, -0.2) is 35.9 Å². The molecule has 14 heavy (non-hydrogen) atoms.